The molecule has 20 heavy (non-hydrogen) atoms. The van der Waals surface area contributed by atoms with E-state index in [1.54, 1.807) is 0 Å². The van der Waals surface area contributed by atoms with E-state index < -0.39 is 0 Å². The Morgan fingerprint density at radius 1 is 1.45 bits per heavy atom. The van der Waals surface area contributed by atoms with Gasteiger partial charge in [-0.3, -0.25) is 4.79 Å². The van der Waals surface area contributed by atoms with Crippen molar-refractivity contribution in [3.05, 3.63) is 34.3 Å². The lowest BCUT2D eigenvalue weighted by Crippen LogP contribution is -2.35. The van der Waals surface area contributed by atoms with Crippen LogP contribution in [0, 0.1) is 11.8 Å². The summed E-state index contributed by atoms with van der Waals surface area (Å²) in [5, 5.41) is 0. The Morgan fingerprint density at radius 2 is 2.25 bits per heavy atom. The standard InChI is InChI=1S/C16H21BrN2O/c1-10-5-11(8-18)9-19(10)16(20)15-7-14(15)12-3-2-4-13(17)6-12/h2-4,6,10-11,14-15H,5,7-9,18H2,1H3. The number of benzene rings is 1. The topological polar surface area (TPSA) is 46.3 Å². The molecule has 1 aliphatic heterocycles. The highest BCUT2D eigenvalue weighted by Crippen LogP contribution is 2.49. The van der Waals surface area contributed by atoms with Crippen LogP contribution >= 0.6 is 15.9 Å². The van der Waals surface area contributed by atoms with Crippen molar-refractivity contribution in [3.63, 3.8) is 0 Å². The average molecular weight is 337 g/mol. The summed E-state index contributed by atoms with van der Waals surface area (Å²) in [6.07, 6.45) is 2.04. The van der Waals surface area contributed by atoms with E-state index >= 15 is 0 Å². The van der Waals surface area contributed by atoms with Gasteiger partial charge in [0.25, 0.3) is 0 Å². The molecule has 1 amide bonds. The number of amides is 1. The molecule has 1 heterocycles. The van der Waals surface area contributed by atoms with Crippen molar-refractivity contribution in [1.29, 1.82) is 0 Å². The van der Waals surface area contributed by atoms with E-state index in [4.69, 9.17) is 5.73 Å². The third-order valence-electron chi connectivity index (χ3n) is 4.66. The minimum Gasteiger partial charge on any atom is -0.339 e. The molecule has 0 aromatic heterocycles. The van der Waals surface area contributed by atoms with Crippen LogP contribution in [0.4, 0.5) is 0 Å². The van der Waals surface area contributed by atoms with Crippen molar-refractivity contribution in [1.82, 2.24) is 4.90 Å². The highest BCUT2D eigenvalue weighted by Gasteiger charge is 2.47. The Bertz CT molecular complexity index is 519. The molecule has 4 heteroatoms. The molecule has 1 saturated heterocycles. The lowest BCUT2D eigenvalue weighted by Gasteiger charge is -2.21. The summed E-state index contributed by atoms with van der Waals surface area (Å²) in [5.74, 6) is 1.41. The number of likely N-dealkylation sites (tertiary alicyclic amines) is 1. The van der Waals surface area contributed by atoms with Gasteiger partial charge in [0.15, 0.2) is 0 Å². The van der Waals surface area contributed by atoms with Gasteiger partial charge in [0.05, 0.1) is 0 Å². The summed E-state index contributed by atoms with van der Waals surface area (Å²) in [6.45, 7) is 3.68. The first-order valence-corrected chi connectivity index (χ1v) is 8.15. The average Bonchev–Trinajstić information content (AvgIpc) is 3.15. The SMILES string of the molecule is CC1CC(CN)CN1C(=O)C1CC1c1cccc(Br)c1. The van der Waals surface area contributed by atoms with E-state index in [1.165, 1.54) is 5.56 Å². The third-order valence-corrected chi connectivity index (χ3v) is 5.16. The Balaban J connectivity index is 1.66. The van der Waals surface area contributed by atoms with Crippen LogP contribution in [0.25, 0.3) is 0 Å². The van der Waals surface area contributed by atoms with Gasteiger partial charge in [-0.25, -0.2) is 0 Å². The van der Waals surface area contributed by atoms with Crippen molar-refractivity contribution in [2.45, 2.75) is 31.7 Å². The molecule has 2 fully saturated rings. The van der Waals surface area contributed by atoms with Gasteiger partial charge in [-0.2, -0.15) is 0 Å². The van der Waals surface area contributed by atoms with Gasteiger partial charge in [0, 0.05) is 23.0 Å². The summed E-state index contributed by atoms with van der Waals surface area (Å²) in [6, 6.07) is 8.67. The number of carbonyl (C=O) groups excluding carboxylic acids is 1. The molecule has 3 rings (SSSR count). The predicted octanol–water partition coefficient (Wildman–Crippen LogP) is 2.75. The first-order chi connectivity index (χ1) is 9.60. The lowest BCUT2D eigenvalue weighted by atomic mass is 10.1. The Kier molecular flexibility index (Phi) is 3.87. The minimum atomic E-state index is 0.184. The van der Waals surface area contributed by atoms with Gasteiger partial charge < -0.3 is 10.6 Å². The van der Waals surface area contributed by atoms with Crippen molar-refractivity contribution in [3.8, 4) is 0 Å². The molecule has 1 aromatic rings. The van der Waals surface area contributed by atoms with E-state index in [9.17, 15) is 4.79 Å². The van der Waals surface area contributed by atoms with Crippen molar-refractivity contribution in [2.24, 2.45) is 17.6 Å². The van der Waals surface area contributed by atoms with E-state index in [1.807, 2.05) is 12.1 Å². The molecule has 0 bridgehead atoms. The van der Waals surface area contributed by atoms with E-state index in [2.05, 4.69) is 39.9 Å². The molecule has 0 spiro atoms. The van der Waals surface area contributed by atoms with Crippen molar-refractivity contribution in [2.75, 3.05) is 13.1 Å². The van der Waals surface area contributed by atoms with E-state index in [0.717, 1.165) is 23.9 Å². The molecule has 1 aromatic carbocycles. The van der Waals surface area contributed by atoms with Crippen LogP contribution in [0.5, 0.6) is 0 Å². The van der Waals surface area contributed by atoms with Gasteiger partial charge in [0.2, 0.25) is 5.91 Å². The van der Waals surface area contributed by atoms with Crippen LogP contribution in [0.15, 0.2) is 28.7 Å². The fourth-order valence-corrected chi connectivity index (χ4v) is 3.82. The van der Waals surface area contributed by atoms with Crippen LogP contribution in [0.1, 0.15) is 31.2 Å². The van der Waals surface area contributed by atoms with Crippen LogP contribution < -0.4 is 5.73 Å². The van der Waals surface area contributed by atoms with E-state index in [-0.39, 0.29) is 5.92 Å². The highest BCUT2D eigenvalue weighted by molar-refractivity contribution is 9.10. The minimum absolute atomic E-state index is 0.184. The van der Waals surface area contributed by atoms with E-state index in [0.29, 0.717) is 30.3 Å². The summed E-state index contributed by atoms with van der Waals surface area (Å²) >= 11 is 3.50. The quantitative estimate of drug-likeness (QED) is 0.922. The smallest absolute Gasteiger partial charge is 0.226 e. The summed E-state index contributed by atoms with van der Waals surface area (Å²) in [4.78, 5) is 14.7. The first kappa shape index (κ1) is 14.1. The molecule has 4 unspecified atom stereocenters. The zero-order valence-corrected chi connectivity index (χ0v) is 13.3. The first-order valence-electron chi connectivity index (χ1n) is 7.36. The molecule has 1 saturated carbocycles. The largest absolute Gasteiger partial charge is 0.339 e. The van der Waals surface area contributed by atoms with Crippen LogP contribution in [-0.4, -0.2) is 29.9 Å². The molecule has 1 aliphatic carbocycles. The number of carbonyl (C=O) groups is 1. The Labute approximate surface area is 128 Å². The fraction of sp³-hybridized carbons (Fsp3) is 0.562. The van der Waals surface area contributed by atoms with Crippen molar-refractivity contribution >= 4 is 21.8 Å². The Hall–Kier alpha value is -0.870. The maximum atomic E-state index is 12.6. The monoisotopic (exact) mass is 336 g/mol. The maximum Gasteiger partial charge on any atom is 0.226 e. The highest BCUT2D eigenvalue weighted by atomic mass is 79.9. The molecular weight excluding hydrogens is 316 g/mol. The third kappa shape index (κ3) is 2.63. The molecule has 108 valence electrons. The zero-order chi connectivity index (χ0) is 14.3. The van der Waals surface area contributed by atoms with Gasteiger partial charge in [-0.15, -0.1) is 0 Å². The molecule has 0 radical (unpaired) electrons. The summed E-state index contributed by atoms with van der Waals surface area (Å²) < 4.78 is 1.09. The van der Waals surface area contributed by atoms with Gasteiger partial charge >= 0.3 is 0 Å². The number of nitrogens with two attached hydrogens (primary N) is 1. The second-order valence-corrected chi connectivity index (χ2v) is 7.10. The summed E-state index contributed by atoms with van der Waals surface area (Å²) in [5.41, 5.74) is 7.02. The fourth-order valence-electron chi connectivity index (χ4n) is 3.41. The second-order valence-electron chi connectivity index (χ2n) is 6.18. The molecule has 2 aliphatic rings. The van der Waals surface area contributed by atoms with Gasteiger partial charge in [0.1, 0.15) is 0 Å². The second kappa shape index (κ2) is 5.49. The molecule has 4 atom stereocenters. The number of rotatable bonds is 3. The predicted molar refractivity (Wildman–Crippen MR) is 83.3 cm³/mol. The lowest BCUT2D eigenvalue weighted by molar-refractivity contribution is -0.133. The van der Waals surface area contributed by atoms with Crippen LogP contribution in [0.3, 0.4) is 0 Å². The normalized spacial score (nSPS) is 32.5. The number of hydrogen-bond acceptors (Lipinski definition) is 2. The summed E-state index contributed by atoms with van der Waals surface area (Å²) in [7, 11) is 0. The van der Waals surface area contributed by atoms with Crippen LogP contribution in [-0.2, 0) is 4.79 Å². The van der Waals surface area contributed by atoms with Crippen LogP contribution in [0.2, 0.25) is 0 Å². The molecule has 3 nitrogen and oxygen atoms in total. The molecular formula is C16H21BrN2O. The Morgan fingerprint density at radius 3 is 2.90 bits per heavy atom. The maximum absolute atomic E-state index is 12.6. The number of halogens is 1. The zero-order valence-electron chi connectivity index (χ0n) is 11.8. The number of nitrogens with zero attached hydrogens (tertiary/aromatic N) is 1. The number of hydrogen-bond donors (Lipinski definition) is 1. The molecule has 2 N–H and O–H groups in total. The van der Waals surface area contributed by atoms with Crippen molar-refractivity contribution < 1.29 is 4.79 Å². The van der Waals surface area contributed by atoms with Gasteiger partial charge in [-0.1, -0.05) is 28.1 Å². The van der Waals surface area contributed by atoms with Gasteiger partial charge in [-0.05, 0) is 55.8 Å².